The van der Waals surface area contributed by atoms with Gasteiger partial charge in [0.1, 0.15) is 4.88 Å². The minimum atomic E-state index is -0.770. The Morgan fingerprint density at radius 3 is 2.83 bits per heavy atom. The number of rotatable bonds is 1. The molecule has 1 saturated carbocycles. The van der Waals surface area contributed by atoms with E-state index in [9.17, 15) is 4.79 Å². The first-order valence-corrected chi connectivity index (χ1v) is 4.94. The number of hydrogen-bond donors (Lipinski definition) is 1. The molecule has 1 aromatic heterocycles. The molecule has 2 bridgehead atoms. The highest BCUT2D eigenvalue weighted by molar-refractivity contribution is 7.14. The quantitative estimate of drug-likeness (QED) is 0.720. The summed E-state index contributed by atoms with van der Waals surface area (Å²) < 4.78 is 0. The highest BCUT2D eigenvalue weighted by Gasteiger charge is 2.43. The Bertz CT molecular complexity index is 335. The van der Waals surface area contributed by atoms with E-state index in [0.29, 0.717) is 16.7 Å². The monoisotopic (exact) mass is 180 g/mol. The molecule has 62 valence electrons. The third kappa shape index (κ3) is 0.630. The Kier molecular flexibility index (Phi) is 1.06. The van der Waals surface area contributed by atoms with Crippen molar-refractivity contribution >= 4 is 17.3 Å². The van der Waals surface area contributed by atoms with Gasteiger partial charge in [0.2, 0.25) is 0 Å². The van der Waals surface area contributed by atoms with Crippen LogP contribution in [0.2, 0.25) is 0 Å². The Balaban J connectivity index is 2.12. The van der Waals surface area contributed by atoms with Crippen molar-refractivity contribution in [3.05, 3.63) is 21.4 Å². The Morgan fingerprint density at radius 2 is 2.25 bits per heavy atom. The van der Waals surface area contributed by atoms with Gasteiger partial charge in [-0.2, -0.15) is 0 Å². The molecule has 0 amide bonds. The van der Waals surface area contributed by atoms with E-state index < -0.39 is 5.97 Å². The molecule has 0 unspecified atom stereocenters. The molecular formula is C9H8O2S. The molecule has 1 N–H and O–H groups in total. The normalized spacial score (nSPS) is 29.7. The highest BCUT2D eigenvalue weighted by atomic mass is 32.1. The predicted molar refractivity (Wildman–Crippen MR) is 46.0 cm³/mol. The van der Waals surface area contributed by atoms with Crippen molar-refractivity contribution in [3.8, 4) is 0 Å². The Labute approximate surface area is 73.8 Å². The number of thiophene rings is 1. The lowest BCUT2D eigenvalue weighted by molar-refractivity contribution is 0.0702. The van der Waals surface area contributed by atoms with Crippen LogP contribution in [0.3, 0.4) is 0 Å². The fraction of sp³-hybridized carbons (Fsp3) is 0.444. The van der Waals surface area contributed by atoms with E-state index >= 15 is 0 Å². The first kappa shape index (κ1) is 6.66. The predicted octanol–water partition coefficient (Wildman–Crippen LogP) is 2.42. The summed E-state index contributed by atoms with van der Waals surface area (Å²) in [7, 11) is 0. The van der Waals surface area contributed by atoms with Crippen molar-refractivity contribution in [2.75, 3.05) is 0 Å². The molecule has 0 atom stereocenters. The van der Waals surface area contributed by atoms with Gasteiger partial charge in [0.25, 0.3) is 0 Å². The standard InChI is InChI=1S/C9H8O2S/c10-9(11)7-3-6-4-1-5(2-4)8(6)12-7/h3-5H,1-2H2,(H,10,11). The summed E-state index contributed by atoms with van der Waals surface area (Å²) in [6, 6.07) is 1.88. The fourth-order valence-corrected chi connectivity index (χ4v) is 3.46. The third-order valence-corrected chi connectivity index (χ3v) is 4.25. The maximum Gasteiger partial charge on any atom is 0.345 e. The summed E-state index contributed by atoms with van der Waals surface area (Å²) >= 11 is 1.48. The van der Waals surface area contributed by atoms with Crippen LogP contribution in [-0.2, 0) is 0 Å². The van der Waals surface area contributed by atoms with Gasteiger partial charge in [-0.1, -0.05) is 0 Å². The van der Waals surface area contributed by atoms with E-state index in [1.165, 1.54) is 34.6 Å². The molecule has 3 heteroatoms. The highest BCUT2D eigenvalue weighted by Crippen LogP contribution is 2.60. The molecule has 0 spiro atoms. The second-order valence-corrected chi connectivity index (χ2v) is 4.68. The molecule has 1 heterocycles. The number of carbonyl (C=O) groups is 1. The maximum atomic E-state index is 10.6. The van der Waals surface area contributed by atoms with Crippen molar-refractivity contribution < 1.29 is 9.90 Å². The van der Waals surface area contributed by atoms with Crippen molar-refractivity contribution in [1.29, 1.82) is 0 Å². The molecule has 1 fully saturated rings. The van der Waals surface area contributed by atoms with E-state index in [1.54, 1.807) is 0 Å². The zero-order valence-electron chi connectivity index (χ0n) is 6.41. The molecular weight excluding hydrogens is 172 g/mol. The van der Waals surface area contributed by atoms with Crippen molar-refractivity contribution in [3.63, 3.8) is 0 Å². The number of hydrogen-bond acceptors (Lipinski definition) is 2. The smallest absolute Gasteiger partial charge is 0.345 e. The van der Waals surface area contributed by atoms with Crippen LogP contribution in [0.1, 0.15) is 44.8 Å². The molecule has 3 aliphatic rings. The third-order valence-electron chi connectivity index (χ3n) is 2.95. The summed E-state index contributed by atoms with van der Waals surface area (Å²) in [6.07, 6.45) is 2.56. The minimum Gasteiger partial charge on any atom is -0.477 e. The van der Waals surface area contributed by atoms with Crippen LogP contribution in [0.4, 0.5) is 0 Å². The van der Waals surface area contributed by atoms with Gasteiger partial charge in [0, 0.05) is 4.88 Å². The molecule has 4 rings (SSSR count). The van der Waals surface area contributed by atoms with Gasteiger partial charge in [-0.15, -0.1) is 11.3 Å². The van der Waals surface area contributed by atoms with Crippen LogP contribution in [0.15, 0.2) is 6.07 Å². The van der Waals surface area contributed by atoms with Crippen molar-refractivity contribution in [2.24, 2.45) is 0 Å². The second kappa shape index (κ2) is 1.91. The fourth-order valence-electron chi connectivity index (χ4n) is 2.25. The van der Waals surface area contributed by atoms with Crippen LogP contribution in [-0.4, -0.2) is 11.1 Å². The lowest BCUT2D eigenvalue weighted by Crippen LogP contribution is -2.08. The van der Waals surface area contributed by atoms with Gasteiger partial charge >= 0.3 is 5.97 Å². The zero-order chi connectivity index (χ0) is 8.29. The maximum absolute atomic E-state index is 10.6. The van der Waals surface area contributed by atoms with Crippen LogP contribution in [0.5, 0.6) is 0 Å². The molecule has 2 nitrogen and oxygen atoms in total. The van der Waals surface area contributed by atoms with E-state index in [1.807, 2.05) is 6.07 Å². The summed E-state index contributed by atoms with van der Waals surface area (Å²) in [4.78, 5) is 12.5. The SMILES string of the molecule is O=C(O)c1cc2c(s1)C1CC2C1. The molecule has 0 saturated heterocycles. The average Bonchev–Trinajstić information content (AvgIpc) is 2.39. The lowest BCUT2D eigenvalue weighted by Gasteiger charge is -2.23. The van der Waals surface area contributed by atoms with Gasteiger partial charge in [-0.3, -0.25) is 0 Å². The first-order chi connectivity index (χ1) is 5.75. The van der Waals surface area contributed by atoms with Crippen LogP contribution < -0.4 is 0 Å². The number of carboxylic acids is 1. The lowest BCUT2D eigenvalue weighted by atomic mass is 9.82. The minimum absolute atomic E-state index is 0.523. The van der Waals surface area contributed by atoms with E-state index in [-0.39, 0.29) is 0 Å². The molecule has 3 aliphatic carbocycles. The van der Waals surface area contributed by atoms with Gasteiger partial charge in [0.05, 0.1) is 0 Å². The van der Waals surface area contributed by atoms with Crippen LogP contribution in [0.25, 0.3) is 0 Å². The summed E-state index contributed by atoms with van der Waals surface area (Å²) in [5.74, 6) is 0.645. The van der Waals surface area contributed by atoms with E-state index in [0.717, 1.165) is 0 Å². The van der Waals surface area contributed by atoms with Gasteiger partial charge in [0.15, 0.2) is 0 Å². The van der Waals surface area contributed by atoms with Gasteiger partial charge in [-0.25, -0.2) is 4.79 Å². The second-order valence-electron chi connectivity index (χ2n) is 3.60. The van der Waals surface area contributed by atoms with Crippen LogP contribution in [0, 0.1) is 0 Å². The number of carboxylic acid groups (broad SMARTS) is 1. The van der Waals surface area contributed by atoms with E-state index in [2.05, 4.69) is 0 Å². The van der Waals surface area contributed by atoms with Gasteiger partial charge < -0.3 is 5.11 Å². The van der Waals surface area contributed by atoms with E-state index in [4.69, 9.17) is 5.11 Å². The van der Waals surface area contributed by atoms with Gasteiger partial charge in [-0.05, 0) is 36.3 Å². The molecule has 0 radical (unpaired) electrons. The summed E-state index contributed by atoms with van der Waals surface area (Å²) in [5, 5.41) is 8.75. The first-order valence-electron chi connectivity index (χ1n) is 4.12. The largest absolute Gasteiger partial charge is 0.477 e. The summed E-state index contributed by atoms with van der Waals surface area (Å²) in [5.41, 5.74) is 1.34. The molecule has 0 aliphatic heterocycles. The van der Waals surface area contributed by atoms with Crippen molar-refractivity contribution in [2.45, 2.75) is 24.7 Å². The molecule has 12 heavy (non-hydrogen) atoms. The Hall–Kier alpha value is -0.830. The van der Waals surface area contributed by atoms with Crippen molar-refractivity contribution in [1.82, 2.24) is 0 Å². The number of aromatic carboxylic acids is 1. The summed E-state index contributed by atoms with van der Waals surface area (Å²) in [6.45, 7) is 0. The molecule has 0 aromatic carbocycles. The van der Waals surface area contributed by atoms with Crippen LogP contribution >= 0.6 is 11.3 Å². The molecule has 1 aromatic rings. The average molecular weight is 180 g/mol. The topological polar surface area (TPSA) is 37.3 Å². The Morgan fingerprint density at radius 1 is 1.50 bits per heavy atom. The zero-order valence-corrected chi connectivity index (χ0v) is 7.23.